The van der Waals surface area contributed by atoms with Gasteiger partial charge in [-0.25, -0.2) is 0 Å². The Balaban J connectivity index is 0.000000631. The normalized spacial score (nSPS) is 11.1. The van der Waals surface area contributed by atoms with E-state index in [-0.39, 0.29) is 17.9 Å². The van der Waals surface area contributed by atoms with Crippen molar-refractivity contribution in [1.29, 1.82) is 0 Å². The van der Waals surface area contributed by atoms with Gasteiger partial charge >= 0.3 is 0 Å². The summed E-state index contributed by atoms with van der Waals surface area (Å²) >= 11 is 1.77. The number of nitrogens with one attached hydrogen (secondary N) is 2. The number of carbonyl (C=O) groups excluding carboxylic acids is 1. The van der Waals surface area contributed by atoms with Gasteiger partial charge in [-0.2, -0.15) is 11.8 Å². The molecular formula is C36H60N2O2S. The van der Waals surface area contributed by atoms with Crippen LogP contribution < -0.4 is 5.32 Å². The van der Waals surface area contributed by atoms with E-state index in [0.717, 1.165) is 66.4 Å². The number of unbranched alkanes of at least 4 members (excludes halogenated alkanes) is 2. The average molecular weight is 585 g/mol. The number of aromatic amines is 1. The summed E-state index contributed by atoms with van der Waals surface area (Å²) in [5, 5.41) is 12.9. The first-order chi connectivity index (χ1) is 19.8. The van der Waals surface area contributed by atoms with Gasteiger partial charge in [0.05, 0.1) is 12.1 Å². The number of likely N-dealkylation sites (N-methyl/N-ethyl adjacent to an activating group) is 1. The largest absolute Gasteiger partial charge is 0.393 e. The Bertz CT molecular complexity index is 1030. The average Bonchev–Trinajstić information content (AvgIpc) is 3.41. The number of benzene rings is 2. The Morgan fingerprint density at radius 1 is 0.854 bits per heavy atom. The maximum Gasteiger partial charge on any atom is 0.182 e. The van der Waals surface area contributed by atoms with Gasteiger partial charge in [0.25, 0.3) is 0 Å². The summed E-state index contributed by atoms with van der Waals surface area (Å²) in [5.74, 6) is 1.19. The van der Waals surface area contributed by atoms with Crippen molar-refractivity contribution in [1.82, 2.24) is 10.3 Å². The molecule has 5 heteroatoms. The number of ketones is 1. The number of aliphatic hydroxyl groups excluding tert-OH is 1. The molecule has 232 valence electrons. The molecule has 0 unspecified atom stereocenters. The molecule has 3 aromatic rings. The second-order valence-electron chi connectivity index (χ2n) is 10.2. The standard InChI is InChI=1S/C16H22N2OS.C10H14.C5H12O.C5H12/c1-4-12-15(11-7-5-6-8-13(11)18-12)16(19)14(17-2)9-10-20-3;1-3-9-7-5-6-8-10(9)4-2;1-3-5(6)4-2;1-3-5-4-2/h5-8,14,17-18H,4,9-10H2,1-3H3;5-8H,3-4H2,1-2H3;5-6H,3-4H2,1-2H3;3-5H2,1-2H3/t14-;;;/m0.../s1. The summed E-state index contributed by atoms with van der Waals surface area (Å²) in [4.78, 5) is 16.2. The molecular weight excluding hydrogens is 524 g/mol. The predicted octanol–water partition coefficient (Wildman–Crippen LogP) is 9.43. The molecule has 0 aliphatic carbocycles. The number of aliphatic hydroxyl groups is 1. The molecule has 0 bridgehead atoms. The van der Waals surface area contributed by atoms with E-state index >= 15 is 0 Å². The number of thioether (sulfide) groups is 1. The number of hydrogen-bond acceptors (Lipinski definition) is 4. The highest BCUT2D eigenvalue weighted by Crippen LogP contribution is 2.25. The lowest BCUT2D eigenvalue weighted by Gasteiger charge is -2.15. The summed E-state index contributed by atoms with van der Waals surface area (Å²) in [5.41, 5.74) is 5.94. The molecule has 2 aromatic carbocycles. The molecule has 3 N–H and O–H groups in total. The van der Waals surface area contributed by atoms with Crippen LogP contribution in [0.5, 0.6) is 0 Å². The van der Waals surface area contributed by atoms with Crippen molar-refractivity contribution < 1.29 is 9.90 Å². The summed E-state index contributed by atoms with van der Waals surface area (Å²) in [6.45, 7) is 14.9. The van der Waals surface area contributed by atoms with Crippen LogP contribution >= 0.6 is 11.8 Å². The topological polar surface area (TPSA) is 65.1 Å². The molecule has 0 fully saturated rings. The minimum absolute atomic E-state index is 0.0648. The smallest absolute Gasteiger partial charge is 0.182 e. The van der Waals surface area contributed by atoms with Crippen molar-refractivity contribution in [3.8, 4) is 0 Å². The van der Waals surface area contributed by atoms with E-state index in [1.165, 1.54) is 30.4 Å². The molecule has 0 spiro atoms. The second kappa shape index (κ2) is 24.5. The maximum atomic E-state index is 12.8. The molecule has 0 amide bonds. The first-order valence-electron chi connectivity index (χ1n) is 15.9. The van der Waals surface area contributed by atoms with Crippen LogP contribution in [0.4, 0.5) is 0 Å². The molecule has 0 saturated heterocycles. The quantitative estimate of drug-likeness (QED) is 0.175. The fourth-order valence-electron chi connectivity index (χ4n) is 4.45. The van der Waals surface area contributed by atoms with Gasteiger partial charge in [-0.1, -0.05) is 110 Å². The van der Waals surface area contributed by atoms with Gasteiger partial charge in [0, 0.05) is 22.2 Å². The lowest BCUT2D eigenvalue weighted by molar-refractivity contribution is 0.0946. The highest BCUT2D eigenvalue weighted by atomic mass is 32.2. The van der Waals surface area contributed by atoms with Crippen molar-refractivity contribution in [2.75, 3.05) is 19.1 Å². The van der Waals surface area contributed by atoms with Crippen LogP contribution in [0.15, 0.2) is 48.5 Å². The minimum atomic E-state index is -0.105. The number of para-hydroxylation sites is 1. The Labute approximate surface area is 256 Å². The number of Topliss-reactive ketones (excluding diaryl/α,β-unsaturated/α-hetero) is 1. The molecule has 1 aromatic heterocycles. The van der Waals surface area contributed by atoms with Gasteiger partial charge in [-0.15, -0.1) is 0 Å². The van der Waals surface area contributed by atoms with Crippen LogP contribution in [0.1, 0.15) is 114 Å². The van der Waals surface area contributed by atoms with Gasteiger partial charge in [0.1, 0.15) is 0 Å². The minimum Gasteiger partial charge on any atom is -0.393 e. The summed E-state index contributed by atoms with van der Waals surface area (Å²) < 4.78 is 0. The molecule has 0 radical (unpaired) electrons. The lowest BCUT2D eigenvalue weighted by Crippen LogP contribution is -2.35. The van der Waals surface area contributed by atoms with E-state index in [1.54, 1.807) is 11.8 Å². The van der Waals surface area contributed by atoms with E-state index in [9.17, 15) is 4.79 Å². The first kappa shape index (κ1) is 38.9. The highest BCUT2D eigenvalue weighted by molar-refractivity contribution is 7.98. The Kier molecular flexibility index (Phi) is 23.3. The van der Waals surface area contributed by atoms with Crippen LogP contribution in [-0.2, 0) is 19.3 Å². The molecule has 1 heterocycles. The third kappa shape index (κ3) is 14.6. The van der Waals surface area contributed by atoms with Crippen LogP contribution in [-0.4, -0.2) is 47.1 Å². The SMILES string of the molecule is CCC(O)CC.CCCCC.CCc1[nH]c2ccccc2c1C(=O)[C@H](CCSC)NC.CCc1ccccc1CC. The van der Waals surface area contributed by atoms with Crippen LogP contribution in [0.25, 0.3) is 10.9 Å². The fraction of sp³-hybridized carbons (Fsp3) is 0.583. The summed E-state index contributed by atoms with van der Waals surface area (Å²) in [6.07, 6.45) is 11.9. The monoisotopic (exact) mass is 584 g/mol. The molecule has 0 aliphatic rings. The molecule has 41 heavy (non-hydrogen) atoms. The van der Waals surface area contributed by atoms with E-state index in [2.05, 4.69) is 75.4 Å². The first-order valence-corrected chi connectivity index (χ1v) is 17.3. The van der Waals surface area contributed by atoms with Crippen molar-refractivity contribution in [2.45, 2.75) is 118 Å². The fourth-order valence-corrected chi connectivity index (χ4v) is 4.92. The van der Waals surface area contributed by atoms with Crippen molar-refractivity contribution >= 4 is 28.4 Å². The zero-order valence-electron chi connectivity index (χ0n) is 27.6. The summed E-state index contributed by atoms with van der Waals surface area (Å²) in [7, 11) is 1.86. The van der Waals surface area contributed by atoms with E-state index in [1.807, 2.05) is 45.2 Å². The van der Waals surface area contributed by atoms with Gasteiger partial charge in [-0.05, 0) is 74.8 Å². The highest BCUT2D eigenvalue weighted by Gasteiger charge is 2.23. The summed E-state index contributed by atoms with van der Waals surface area (Å²) in [6, 6.07) is 16.6. The molecule has 0 aliphatic heterocycles. The van der Waals surface area contributed by atoms with Crippen molar-refractivity contribution in [3.63, 3.8) is 0 Å². The third-order valence-electron chi connectivity index (χ3n) is 7.19. The number of aromatic nitrogens is 1. The Morgan fingerprint density at radius 2 is 1.39 bits per heavy atom. The van der Waals surface area contributed by atoms with Gasteiger partial charge < -0.3 is 15.4 Å². The van der Waals surface area contributed by atoms with Crippen molar-refractivity contribution in [2.24, 2.45) is 0 Å². The molecule has 0 saturated carbocycles. The van der Waals surface area contributed by atoms with E-state index in [4.69, 9.17) is 5.11 Å². The Morgan fingerprint density at radius 3 is 1.78 bits per heavy atom. The van der Waals surface area contributed by atoms with Crippen LogP contribution in [0, 0.1) is 0 Å². The number of H-pyrrole nitrogens is 1. The predicted molar refractivity (Wildman–Crippen MR) is 185 cm³/mol. The third-order valence-corrected chi connectivity index (χ3v) is 7.83. The molecule has 3 rings (SSSR count). The van der Waals surface area contributed by atoms with Crippen LogP contribution in [0.2, 0.25) is 0 Å². The number of carbonyl (C=O) groups is 1. The number of hydrogen-bond donors (Lipinski definition) is 3. The van der Waals surface area contributed by atoms with E-state index in [0.29, 0.717) is 0 Å². The van der Waals surface area contributed by atoms with E-state index < -0.39 is 0 Å². The molecule has 4 nitrogen and oxygen atoms in total. The zero-order valence-corrected chi connectivity index (χ0v) is 28.4. The van der Waals surface area contributed by atoms with Gasteiger partial charge in [0.15, 0.2) is 5.78 Å². The Hall–Kier alpha value is -2.08. The number of aryl methyl sites for hydroxylation is 3. The van der Waals surface area contributed by atoms with Gasteiger partial charge in [-0.3, -0.25) is 4.79 Å². The zero-order chi connectivity index (χ0) is 31.0. The lowest BCUT2D eigenvalue weighted by atomic mass is 9.98. The maximum absolute atomic E-state index is 12.8. The van der Waals surface area contributed by atoms with Crippen LogP contribution in [0.3, 0.4) is 0 Å². The van der Waals surface area contributed by atoms with Crippen molar-refractivity contribution in [3.05, 3.63) is 70.9 Å². The molecule has 1 atom stereocenters. The number of fused-ring (bicyclic) bond motifs is 1. The number of rotatable bonds is 13. The van der Waals surface area contributed by atoms with Gasteiger partial charge in [0.2, 0.25) is 0 Å². The second-order valence-corrected chi connectivity index (χ2v) is 11.1.